The van der Waals surface area contributed by atoms with Crippen LogP contribution in [0.15, 0.2) is 497 Å². The first-order chi connectivity index (χ1) is 67.5. The van der Waals surface area contributed by atoms with E-state index in [1.54, 1.807) is 6.20 Å². The number of hydrogen-bond donors (Lipinski definition) is 0. The van der Waals surface area contributed by atoms with Crippen molar-refractivity contribution in [1.82, 2.24) is 29.9 Å². The molecule has 0 fully saturated rings. The summed E-state index contributed by atoms with van der Waals surface area (Å²) >= 11 is 5.58. The highest BCUT2D eigenvalue weighted by Gasteiger charge is 2.37. The van der Waals surface area contributed by atoms with Crippen LogP contribution in [0.2, 0.25) is 0 Å². The molecule has 9 heterocycles. The normalized spacial score (nSPS) is 12.7. The number of nitrogens with zero attached hydrogens (tertiary/aromatic N) is 11. The van der Waals surface area contributed by atoms with Crippen molar-refractivity contribution in [2.75, 3.05) is 24.5 Å². The van der Waals surface area contributed by atoms with Gasteiger partial charge in [0.05, 0.1) is 103 Å². The van der Waals surface area contributed by atoms with Crippen LogP contribution in [-0.2, 0) is 0 Å². The summed E-state index contributed by atoms with van der Waals surface area (Å²) in [5.41, 5.74) is 18.5. The zero-order chi connectivity index (χ0) is 89.7. The zero-order valence-corrected chi connectivity index (χ0v) is 75.5. The predicted molar refractivity (Wildman–Crippen MR) is 570 cm³/mol. The second-order valence-electron chi connectivity index (χ2n) is 34.0. The van der Waals surface area contributed by atoms with Gasteiger partial charge >= 0.3 is 0 Å². The Balaban J connectivity index is 0.0000000943. The molecule has 0 amide bonds. The number of para-hydroxylation sites is 3. The first-order valence-corrected chi connectivity index (χ1v) is 47.9. The molecule has 0 radical (unpaired) electrons. The van der Waals surface area contributed by atoms with E-state index >= 15 is 0 Å². The van der Waals surface area contributed by atoms with Gasteiger partial charge in [0.2, 0.25) is 5.95 Å². The lowest BCUT2D eigenvalue weighted by molar-refractivity contribution is 1.09. The van der Waals surface area contributed by atoms with Gasteiger partial charge in [-0.15, -0.1) is 0 Å². The highest BCUT2D eigenvalue weighted by Crippen LogP contribution is 2.62. The van der Waals surface area contributed by atoms with Crippen LogP contribution in [0.3, 0.4) is 0 Å². The van der Waals surface area contributed by atoms with Gasteiger partial charge in [0.25, 0.3) is 0 Å². The number of pyridine rings is 4. The van der Waals surface area contributed by atoms with Crippen molar-refractivity contribution in [2.45, 2.75) is 29.4 Å². The third-order valence-corrected chi connectivity index (χ3v) is 29.8. The van der Waals surface area contributed by atoms with E-state index in [2.05, 4.69) is 424 Å². The van der Waals surface area contributed by atoms with Crippen LogP contribution in [0.4, 0.5) is 85.7 Å². The second-order valence-corrected chi connectivity index (χ2v) is 37.2. The van der Waals surface area contributed by atoms with Crippen molar-refractivity contribution in [3.8, 4) is 11.4 Å². The maximum absolute atomic E-state index is 5.08. The van der Waals surface area contributed by atoms with Crippen molar-refractivity contribution in [2.24, 2.45) is 0 Å². The van der Waals surface area contributed by atoms with Crippen molar-refractivity contribution in [1.29, 1.82) is 0 Å². The van der Waals surface area contributed by atoms with Gasteiger partial charge in [-0.25, -0.2) is 15.0 Å². The minimum atomic E-state index is 0.658. The van der Waals surface area contributed by atoms with Gasteiger partial charge in [0.15, 0.2) is 0 Å². The van der Waals surface area contributed by atoms with Gasteiger partial charge in [-0.1, -0.05) is 363 Å². The molecule has 638 valence electrons. The van der Waals surface area contributed by atoms with Crippen LogP contribution < -0.4 is 24.5 Å². The highest BCUT2D eigenvalue weighted by molar-refractivity contribution is 8.00. The van der Waals surface area contributed by atoms with E-state index in [-0.39, 0.29) is 0 Å². The monoisotopic (exact) mass is 1790 g/mol. The van der Waals surface area contributed by atoms with Crippen LogP contribution in [0.5, 0.6) is 0 Å². The Morgan fingerprint density at radius 2 is 0.544 bits per heavy atom. The summed E-state index contributed by atoms with van der Waals surface area (Å²) < 4.78 is 0. The molecule has 4 aliphatic rings. The number of fused-ring (bicyclic) bond motifs is 27. The Bertz CT molecular complexity index is 9110. The van der Waals surface area contributed by atoms with Gasteiger partial charge in [-0.2, -0.15) is 0 Å². The lowest BCUT2D eigenvalue weighted by atomic mass is 9.97. The fourth-order valence-corrected chi connectivity index (χ4v) is 23.6. The topological polar surface area (TPSA) is 93.5 Å². The average molecular weight is 1790 g/mol. The Labute approximate surface area is 796 Å². The van der Waals surface area contributed by atoms with Gasteiger partial charge in [-0.3, -0.25) is 24.8 Å². The summed E-state index contributed by atoms with van der Waals surface area (Å²) in [7, 11) is 0. The van der Waals surface area contributed by atoms with E-state index < -0.39 is 0 Å². The molecule has 20 aromatic carbocycles. The zero-order valence-electron chi connectivity index (χ0n) is 73.1. The predicted octanol–water partition coefficient (Wildman–Crippen LogP) is 34.5. The van der Waals surface area contributed by atoms with E-state index in [9.17, 15) is 0 Å². The van der Waals surface area contributed by atoms with E-state index in [1.807, 2.05) is 103 Å². The smallest absolute Gasteiger partial charge is 0.235 e. The summed E-state index contributed by atoms with van der Waals surface area (Å²) in [5, 5.41) is 24.3. The lowest BCUT2D eigenvalue weighted by Crippen LogP contribution is -2.25. The van der Waals surface area contributed by atoms with Crippen LogP contribution in [0.25, 0.3) is 130 Å². The number of benzene rings is 20. The molecule has 25 aromatic rings. The van der Waals surface area contributed by atoms with Crippen LogP contribution in [0.1, 0.15) is 0 Å². The molecular formula is C122H77N11S3. The maximum Gasteiger partial charge on any atom is 0.235 e. The first kappa shape index (κ1) is 79.9. The van der Waals surface area contributed by atoms with E-state index in [0.717, 1.165) is 89.6 Å². The Hall–Kier alpha value is -17.0. The average Bonchev–Trinajstić information content (AvgIpc) is 0.710. The molecule has 0 unspecified atom stereocenters. The molecule has 5 aromatic heterocycles. The summed E-state index contributed by atoms with van der Waals surface area (Å²) in [6, 6.07) is 155. The number of hydrogen-bond acceptors (Lipinski definition) is 14. The largest absolute Gasteiger partial charge is 0.306 e. The number of anilines is 15. The molecule has 0 bridgehead atoms. The fraction of sp³-hybridized carbons (Fsp3) is 0. The van der Waals surface area contributed by atoms with Gasteiger partial charge < -0.3 is 14.7 Å². The van der Waals surface area contributed by atoms with Crippen molar-refractivity contribution < 1.29 is 0 Å². The second kappa shape index (κ2) is 33.7. The van der Waals surface area contributed by atoms with E-state index in [1.165, 1.54) is 150 Å². The molecule has 0 spiro atoms. The standard InChI is InChI=1S/C34H22N4.C30H19N3S.2C29H18N2S/c1-2-13-26(14-3-1)37-30-20-18-24-11-5-8-16-28(24)33(30)38(34-35-22-25-12-6-9-17-29(25)36-34)31-21-19-23-10-4-7-15-27(23)32(31)37;1-3-9-23-20(7-1)13-17-28-29(23)33(22-14-15-26(32-19-22)25-11-5-6-18-31-25)27-16-12-21-8-2-4-10-24(21)30(27)34-28;1-4-10-23-19(7-1)14-16-27-28(23)31(22-17-21-9-3-6-12-25(21)30-18-22)26-15-13-20-8-2-5-11-24(20)29(26)32-27;1-4-10-22-19(7-1)14-16-26-27(22)31(29-24-12-6-3-9-21(24)17-18-30-29)25-15-13-20-8-2-5-11-23(20)28(25)32-26/h1-22H;1-19H;2*1-18H. The summed E-state index contributed by atoms with van der Waals surface area (Å²) in [5.74, 6) is 1.63. The van der Waals surface area contributed by atoms with Gasteiger partial charge in [0.1, 0.15) is 5.82 Å². The molecule has 0 saturated heterocycles. The van der Waals surface area contributed by atoms with E-state index in [0.29, 0.717) is 5.95 Å². The molecule has 14 heteroatoms. The fourth-order valence-electron chi connectivity index (χ4n) is 20.0. The first-order valence-electron chi connectivity index (χ1n) is 45.5. The summed E-state index contributed by atoms with van der Waals surface area (Å²) in [6.07, 6.45) is 9.61. The molecule has 0 atom stereocenters. The third kappa shape index (κ3) is 13.8. The molecule has 136 heavy (non-hydrogen) atoms. The minimum absolute atomic E-state index is 0.658. The molecule has 0 N–H and O–H groups in total. The Morgan fingerprint density at radius 3 is 1.04 bits per heavy atom. The van der Waals surface area contributed by atoms with Crippen LogP contribution in [-0.4, -0.2) is 29.9 Å². The Morgan fingerprint density at radius 1 is 0.184 bits per heavy atom. The van der Waals surface area contributed by atoms with E-state index in [4.69, 9.17) is 24.9 Å². The lowest BCUT2D eigenvalue weighted by Gasteiger charge is -2.40. The number of aromatic nitrogens is 6. The highest BCUT2D eigenvalue weighted by atomic mass is 32.2. The molecule has 0 saturated carbocycles. The molecule has 29 rings (SSSR count). The van der Waals surface area contributed by atoms with Crippen molar-refractivity contribution >= 4 is 240 Å². The molecule has 11 nitrogen and oxygen atoms in total. The quantitative estimate of drug-likeness (QED) is 0.158. The summed E-state index contributed by atoms with van der Waals surface area (Å²) in [4.78, 5) is 48.3. The van der Waals surface area contributed by atoms with Crippen molar-refractivity contribution in [3.05, 3.63) is 468 Å². The molecular weight excluding hydrogens is 1720 g/mol. The third-order valence-electron chi connectivity index (χ3n) is 26.2. The number of rotatable bonds is 6. The maximum atomic E-state index is 5.08. The van der Waals surface area contributed by atoms with Crippen molar-refractivity contribution in [3.63, 3.8) is 0 Å². The summed E-state index contributed by atoms with van der Waals surface area (Å²) in [6.45, 7) is 0. The van der Waals surface area contributed by atoms with Gasteiger partial charge in [0, 0.05) is 96.7 Å². The van der Waals surface area contributed by atoms with Crippen LogP contribution >= 0.6 is 35.3 Å². The van der Waals surface area contributed by atoms with Crippen LogP contribution in [0, 0.1) is 0 Å². The Kier molecular flexibility index (Phi) is 19.8. The van der Waals surface area contributed by atoms with Gasteiger partial charge in [-0.05, 0) is 174 Å². The molecule has 4 aliphatic heterocycles. The molecule has 0 aliphatic carbocycles. The SMILES string of the molecule is c1ccc(-c2ccc(N3c4ccc5ccccc5c4Sc4ccc5ccccc5c43)cn2)nc1.c1ccc(N2c3ccc4ccccc4c3N(c3ncc4ccccc4n3)c3ccc4ccccc4c32)cc1.c1ccc2c(N3c4ccc5ccccc5c4Sc4ccc5ccccc5c43)nccc2c1.c1ccc2ncc(N3c4ccc5ccccc5c4Sc4ccc5ccccc5c43)cc2c1. The minimum Gasteiger partial charge on any atom is -0.306 e.